The van der Waals surface area contributed by atoms with E-state index < -0.39 is 5.91 Å². The highest BCUT2D eigenvalue weighted by Gasteiger charge is 2.12. The molecule has 1 aromatic heterocycles. The smallest absolute Gasteiger partial charge is 0.268 e. The van der Waals surface area contributed by atoms with Crippen LogP contribution in [0.1, 0.15) is 5.56 Å². The van der Waals surface area contributed by atoms with Crippen LogP contribution in [0.15, 0.2) is 35.0 Å². The number of hydrogen-bond donors (Lipinski definition) is 1. The lowest BCUT2D eigenvalue weighted by atomic mass is 10.1. The molecule has 8 heteroatoms. The third-order valence-corrected chi connectivity index (χ3v) is 4.19. The van der Waals surface area contributed by atoms with Gasteiger partial charge in [-0.25, -0.2) is 0 Å². The Bertz CT molecular complexity index is 759. The summed E-state index contributed by atoms with van der Waals surface area (Å²) in [4.78, 5) is 18.2. The van der Waals surface area contributed by atoms with Gasteiger partial charge >= 0.3 is 0 Å². The number of hydrogen-bond acceptors (Lipinski definition) is 7. The van der Waals surface area contributed by atoms with Gasteiger partial charge in [0.15, 0.2) is 0 Å². The molecule has 2 aromatic rings. The normalized spacial score (nSPS) is 11.0. The molecule has 118 valence electrons. The number of nitriles is 1. The molecule has 1 aromatic carbocycles. The van der Waals surface area contributed by atoms with Gasteiger partial charge in [0.2, 0.25) is 10.3 Å². The van der Waals surface area contributed by atoms with Crippen LogP contribution in [0.5, 0.6) is 0 Å². The fourth-order valence-corrected chi connectivity index (χ4v) is 2.81. The maximum absolute atomic E-state index is 12.1. The summed E-state index contributed by atoms with van der Waals surface area (Å²) >= 11 is 2.48. The minimum atomic E-state index is -0.493. The van der Waals surface area contributed by atoms with Crippen molar-refractivity contribution in [2.45, 2.75) is 5.16 Å². The van der Waals surface area contributed by atoms with Gasteiger partial charge in [0.1, 0.15) is 11.6 Å². The lowest BCUT2D eigenvalue weighted by molar-refractivity contribution is -0.112. The monoisotopic (exact) mass is 345 g/mol. The predicted molar refractivity (Wildman–Crippen MR) is 94.7 cm³/mol. The highest BCUT2D eigenvalue weighted by atomic mass is 32.2. The molecule has 2 rings (SSSR count). The molecule has 0 saturated carbocycles. The third-order valence-electron chi connectivity index (χ3n) is 2.90. The molecule has 1 N–H and O–H groups in total. The average molecular weight is 345 g/mol. The van der Waals surface area contributed by atoms with E-state index in [-0.39, 0.29) is 5.57 Å². The predicted octanol–water partition coefficient (Wildman–Crippen LogP) is 2.87. The number of nitrogens with one attached hydrogen (secondary N) is 1. The Morgan fingerprint density at radius 1 is 1.39 bits per heavy atom. The summed E-state index contributed by atoms with van der Waals surface area (Å²) in [5, 5.41) is 12.8. The van der Waals surface area contributed by atoms with Crippen LogP contribution in [0.4, 0.5) is 10.8 Å². The van der Waals surface area contributed by atoms with Crippen molar-refractivity contribution in [3.8, 4) is 6.07 Å². The van der Waals surface area contributed by atoms with E-state index in [0.29, 0.717) is 10.3 Å². The molecular weight excluding hydrogens is 330 g/mol. The van der Waals surface area contributed by atoms with Crippen molar-refractivity contribution < 1.29 is 4.79 Å². The summed E-state index contributed by atoms with van der Waals surface area (Å²) in [5.74, 6) is -0.493. The second kappa shape index (κ2) is 7.76. The molecule has 0 unspecified atom stereocenters. The fourth-order valence-electron chi connectivity index (χ4n) is 1.69. The van der Waals surface area contributed by atoms with E-state index in [2.05, 4.69) is 14.7 Å². The number of rotatable bonds is 5. The molecule has 6 nitrogen and oxygen atoms in total. The molecule has 1 amide bonds. The van der Waals surface area contributed by atoms with E-state index in [1.807, 2.05) is 55.6 Å². The first-order chi connectivity index (χ1) is 11.0. The van der Waals surface area contributed by atoms with Crippen LogP contribution in [0.25, 0.3) is 6.08 Å². The second-order valence-electron chi connectivity index (χ2n) is 4.70. The zero-order valence-corrected chi connectivity index (χ0v) is 14.5. The van der Waals surface area contributed by atoms with E-state index in [4.69, 9.17) is 0 Å². The first-order valence-electron chi connectivity index (χ1n) is 6.61. The number of benzene rings is 1. The van der Waals surface area contributed by atoms with E-state index in [1.165, 1.54) is 11.8 Å². The fraction of sp³-hybridized carbons (Fsp3) is 0.200. The Balaban J connectivity index is 2.14. The number of amides is 1. The number of aromatic nitrogens is 2. The summed E-state index contributed by atoms with van der Waals surface area (Å²) in [5.41, 5.74) is 1.84. The standard InChI is InChI=1S/C15H15N5OS2/c1-20(2)12-6-4-10(5-7-12)8-11(9-16)13(21)17-14-18-15(22-3)19-23-14/h4-8H,1-3H3,(H,17,18,19,21). The van der Waals surface area contributed by atoms with Gasteiger partial charge in [-0.15, -0.1) is 0 Å². The Kier molecular flexibility index (Phi) is 5.73. The van der Waals surface area contributed by atoms with Crippen LogP contribution in [0, 0.1) is 11.3 Å². The van der Waals surface area contributed by atoms with Crippen LogP contribution in [-0.2, 0) is 4.79 Å². The molecule has 1 heterocycles. The maximum atomic E-state index is 12.1. The first kappa shape index (κ1) is 17.0. The minimum absolute atomic E-state index is 0.0171. The Morgan fingerprint density at radius 3 is 2.61 bits per heavy atom. The molecule has 0 radical (unpaired) electrons. The summed E-state index contributed by atoms with van der Waals surface area (Å²) in [6.45, 7) is 0. The van der Waals surface area contributed by atoms with Crippen molar-refractivity contribution in [2.75, 3.05) is 30.6 Å². The van der Waals surface area contributed by atoms with Gasteiger partial charge in [-0.1, -0.05) is 23.9 Å². The second-order valence-corrected chi connectivity index (χ2v) is 6.22. The van der Waals surface area contributed by atoms with Gasteiger partial charge < -0.3 is 4.90 Å². The highest BCUT2D eigenvalue weighted by Crippen LogP contribution is 2.19. The summed E-state index contributed by atoms with van der Waals surface area (Å²) < 4.78 is 4.05. The molecule has 0 aliphatic carbocycles. The van der Waals surface area contributed by atoms with E-state index >= 15 is 0 Å². The maximum Gasteiger partial charge on any atom is 0.268 e. The number of anilines is 2. The van der Waals surface area contributed by atoms with E-state index in [0.717, 1.165) is 22.8 Å². The van der Waals surface area contributed by atoms with Crippen LogP contribution >= 0.6 is 23.3 Å². The van der Waals surface area contributed by atoms with Crippen molar-refractivity contribution >= 4 is 46.1 Å². The molecule has 0 spiro atoms. The van der Waals surface area contributed by atoms with Crippen molar-refractivity contribution in [2.24, 2.45) is 0 Å². The van der Waals surface area contributed by atoms with Crippen LogP contribution < -0.4 is 10.2 Å². The number of thioether (sulfide) groups is 1. The Hall–Kier alpha value is -2.37. The van der Waals surface area contributed by atoms with Crippen molar-refractivity contribution in [3.05, 3.63) is 35.4 Å². The number of carbonyl (C=O) groups is 1. The SMILES string of the molecule is CSc1nsc(NC(=O)C(C#N)=Cc2ccc(N(C)C)cc2)n1. The lowest BCUT2D eigenvalue weighted by Crippen LogP contribution is -2.13. The van der Waals surface area contributed by atoms with Gasteiger partial charge in [0.05, 0.1) is 0 Å². The van der Waals surface area contributed by atoms with Gasteiger partial charge in [-0.05, 0) is 30.0 Å². The molecule has 0 atom stereocenters. The van der Waals surface area contributed by atoms with Crippen molar-refractivity contribution in [1.29, 1.82) is 5.26 Å². The molecule has 0 fully saturated rings. The zero-order chi connectivity index (χ0) is 16.8. The molecule has 0 aliphatic heterocycles. The summed E-state index contributed by atoms with van der Waals surface area (Å²) in [6.07, 6.45) is 3.40. The molecule has 23 heavy (non-hydrogen) atoms. The Labute approximate surface area is 143 Å². The van der Waals surface area contributed by atoms with Gasteiger partial charge in [-0.3, -0.25) is 10.1 Å². The lowest BCUT2D eigenvalue weighted by Gasteiger charge is -2.11. The third kappa shape index (κ3) is 4.55. The molecule has 0 aliphatic rings. The zero-order valence-electron chi connectivity index (χ0n) is 12.9. The quantitative estimate of drug-likeness (QED) is 0.510. The molecule has 0 saturated heterocycles. The van der Waals surface area contributed by atoms with Gasteiger partial charge in [-0.2, -0.15) is 14.6 Å². The van der Waals surface area contributed by atoms with E-state index in [1.54, 1.807) is 6.08 Å². The number of carbonyl (C=O) groups excluding carboxylic acids is 1. The van der Waals surface area contributed by atoms with Crippen molar-refractivity contribution in [1.82, 2.24) is 9.36 Å². The van der Waals surface area contributed by atoms with Crippen LogP contribution in [-0.4, -0.2) is 35.6 Å². The van der Waals surface area contributed by atoms with E-state index in [9.17, 15) is 10.1 Å². The van der Waals surface area contributed by atoms with Crippen LogP contribution in [0.2, 0.25) is 0 Å². The average Bonchev–Trinajstić information content (AvgIpc) is 3.00. The topological polar surface area (TPSA) is 81.9 Å². The van der Waals surface area contributed by atoms with Gasteiger partial charge in [0.25, 0.3) is 5.91 Å². The summed E-state index contributed by atoms with van der Waals surface area (Å²) in [6, 6.07) is 9.48. The number of nitrogens with zero attached hydrogens (tertiary/aromatic N) is 4. The Morgan fingerprint density at radius 2 is 2.09 bits per heavy atom. The molecular formula is C15H15N5OS2. The minimum Gasteiger partial charge on any atom is -0.378 e. The van der Waals surface area contributed by atoms with Crippen molar-refractivity contribution in [3.63, 3.8) is 0 Å². The summed E-state index contributed by atoms with van der Waals surface area (Å²) in [7, 11) is 3.90. The largest absolute Gasteiger partial charge is 0.378 e. The molecule has 0 bridgehead atoms. The van der Waals surface area contributed by atoms with Crippen LogP contribution in [0.3, 0.4) is 0 Å². The first-order valence-corrected chi connectivity index (χ1v) is 8.61. The highest BCUT2D eigenvalue weighted by molar-refractivity contribution is 7.98. The van der Waals surface area contributed by atoms with Gasteiger partial charge in [0, 0.05) is 31.3 Å².